The summed E-state index contributed by atoms with van der Waals surface area (Å²) in [6.07, 6.45) is 0.823. The average molecular weight is 190 g/mol. The first-order chi connectivity index (χ1) is 6.81. The Labute approximate surface area is 83.1 Å². The Morgan fingerprint density at radius 2 is 2.07 bits per heavy atom. The van der Waals surface area contributed by atoms with Crippen LogP contribution in [0.15, 0.2) is 18.2 Å². The SMILES string of the molecule is CC.Cc1[nH]nc2cc(C=O)ccc12. The zero-order chi connectivity index (χ0) is 10.6. The van der Waals surface area contributed by atoms with Gasteiger partial charge in [0.15, 0.2) is 0 Å². The third kappa shape index (κ3) is 1.82. The second-order valence-corrected chi connectivity index (χ2v) is 2.74. The summed E-state index contributed by atoms with van der Waals surface area (Å²) in [6, 6.07) is 5.46. The number of aromatic nitrogens is 2. The third-order valence-electron chi connectivity index (χ3n) is 1.91. The van der Waals surface area contributed by atoms with Crippen molar-refractivity contribution in [2.24, 2.45) is 0 Å². The minimum absolute atomic E-state index is 0.661. The number of nitrogens with zero attached hydrogens (tertiary/aromatic N) is 1. The summed E-state index contributed by atoms with van der Waals surface area (Å²) in [7, 11) is 0. The second-order valence-electron chi connectivity index (χ2n) is 2.74. The molecule has 2 aromatic rings. The maximum Gasteiger partial charge on any atom is 0.150 e. The van der Waals surface area contributed by atoms with Crippen molar-refractivity contribution in [3.8, 4) is 0 Å². The van der Waals surface area contributed by atoms with E-state index in [2.05, 4.69) is 10.2 Å². The van der Waals surface area contributed by atoms with Crippen LogP contribution < -0.4 is 0 Å². The molecule has 0 fully saturated rings. The molecule has 0 bridgehead atoms. The van der Waals surface area contributed by atoms with E-state index in [1.807, 2.05) is 26.8 Å². The molecule has 14 heavy (non-hydrogen) atoms. The Morgan fingerprint density at radius 3 is 2.71 bits per heavy atom. The molecule has 3 heteroatoms. The number of fused-ring (bicyclic) bond motifs is 1. The van der Waals surface area contributed by atoms with Gasteiger partial charge in [-0.25, -0.2) is 0 Å². The molecule has 0 unspecified atom stereocenters. The van der Waals surface area contributed by atoms with Gasteiger partial charge >= 0.3 is 0 Å². The minimum Gasteiger partial charge on any atom is -0.298 e. The highest BCUT2D eigenvalue weighted by Gasteiger charge is 2.00. The molecule has 0 aliphatic rings. The number of aromatic amines is 1. The topological polar surface area (TPSA) is 45.8 Å². The van der Waals surface area contributed by atoms with Crippen molar-refractivity contribution in [1.82, 2.24) is 10.2 Å². The maximum atomic E-state index is 10.4. The number of hydrogen-bond donors (Lipinski definition) is 1. The predicted octanol–water partition coefficient (Wildman–Crippen LogP) is 2.71. The second kappa shape index (κ2) is 4.56. The summed E-state index contributed by atoms with van der Waals surface area (Å²) < 4.78 is 0. The fourth-order valence-corrected chi connectivity index (χ4v) is 1.24. The van der Waals surface area contributed by atoms with E-state index in [1.54, 1.807) is 12.1 Å². The van der Waals surface area contributed by atoms with Gasteiger partial charge in [0.1, 0.15) is 6.29 Å². The molecular formula is C11H14N2O. The lowest BCUT2D eigenvalue weighted by Gasteiger charge is -1.89. The first-order valence-electron chi connectivity index (χ1n) is 4.71. The molecule has 1 aromatic carbocycles. The summed E-state index contributed by atoms with van der Waals surface area (Å²) in [5, 5.41) is 7.97. The molecule has 3 nitrogen and oxygen atoms in total. The van der Waals surface area contributed by atoms with Crippen LogP contribution in [0.5, 0.6) is 0 Å². The van der Waals surface area contributed by atoms with Crippen molar-refractivity contribution in [3.63, 3.8) is 0 Å². The van der Waals surface area contributed by atoms with Gasteiger partial charge < -0.3 is 0 Å². The number of hydrogen-bond acceptors (Lipinski definition) is 2. The molecule has 0 aliphatic heterocycles. The normalized spacial score (nSPS) is 9.36. The first-order valence-corrected chi connectivity index (χ1v) is 4.71. The van der Waals surface area contributed by atoms with Crippen LogP contribution in [0, 0.1) is 6.92 Å². The van der Waals surface area contributed by atoms with Gasteiger partial charge in [-0.15, -0.1) is 0 Å². The molecule has 1 aromatic heterocycles. The fraction of sp³-hybridized carbons (Fsp3) is 0.273. The molecule has 0 spiro atoms. The number of benzene rings is 1. The summed E-state index contributed by atoms with van der Waals surface area (Å²) in [4.78, 5) is 10.4. The monoisotopic (exact) mass is 190 g/mol. The van der Waals surface area contributed by atoms with E-state index in [1.165, 1.54) is 0 Å². The molecule has 0 saturated heterocycles. The van der Waals surface area contributed by atoms with E-state index in [9.17, 15) is 4.79 Å². The van der Waals surface area contributed by atoms with Crippen LogP contribution in [0.2, 0.25) is 0 Å². The van der Waals surface area contributed by atoms with Gasteiger partial charge in [0.05, 0.1) is 5.52 Å². The van der Waals surface area contributed by atoms with E-state index in [4.69, 9.17) is 0 Å². The number of rotatable bonds is 1. The molecule has 2 rings (SSSR count). The summed E-state index contributed by atoms with van der Waals surface area (Å²) in [5.74, 6) is 0. The van der Waals surface area contributed by atoms with Gasteiger partial charge in [-0.2, -0.15) is 5.10 Å². The van der Waals surface area contributed by atoms with Crippen LogP contribution in [-0.4, -0.2) is 16.5 Å². The molecule has 1 N–H and O–H groups in total. The van der Waals surface area contributed by atoms with Crippen molar-refractivity contribution in [2.75, 3.05) is 0 Å². The smallest absolute Gasteiger partial charge is 0.150 e. The van der Waals surface area contributed by atoms with Crippen LogP contribution in [0.4, 0.5) is 0 Å². The number of aryl methyl sites for hydroxylation is 1. The molecule has 0 radical (unpaired) electrons. The van der Waals surface area contributed by atoms with Crippen LogP contribution >= 0.6 is 0 Å². The fourth-order valence-electron chi connectivity index (χ4n) is 1.24. The third-order valence-corrected chi connectivity index (χ3v) is 1.91. The van der Waals surface area contributed by atoms with Crippen molar-refractivity contribution >= 4 is 17.2 Å². The minimum atomic E-state index is 0.661. The van der Waals surface area contributed by atoms with Crippen molar-refractivity contribution < 1.29 is 4.79 Å². The van der Waals surface area contributed by atoms with Gasteiger partial charge in [-0.05, 0) is 13.0 Å². The highest BCUT2D eigenvalue weighted by atomic mass is 16.1. The number of H-pyrrole nitrogens is 1. The van der Waals surface area contributed by atoms with Gasteiger partial charge in [0.25, 0.3) is 0 Å². The lowest BCUT2D eigenvalue weighted by atomic mass is 10.1. The number of carbonyl (C=O) groups excluding carboxylic acids is 1. The molecule has 1 heterocycles. The lowest BCUT2D eigenvalue weighted by Crippen LogP contribution is -1.78. The van der Waals surface area contributed by atoms with Gasteiger partial charge in [-0.3, -0.25) is 9.89 Å². The number of carbonyl (C=O) groups is 1. The molecule has 0 saturated carbocycles. The Kier molecular flexibility index (Phi) is 3.40. The van der Waals surface area contributed by atoms with Crippen molar-refractivity contribution in [1.29, 1.82) is 0 Å². The molecule has 0 amide bonds. The molecule has 74 valence electrons. The molecular weight excluding hydrogens is 176 g/mol. The van der Waals surface area contributed by atoms with Crippen LogP contribution in [0.3, 0.4) is 0 Å². The van der Waals surface area contributed by atoms with Crippen molar-refractivity contribution in [2.45, 2.75) is 20.8 Å². The van der Waals surface area contributed by atoms with Crippen LogP contribution in [0.25, 0.3) is 10.9 Å². The van der Waals surface area contributed by atoms with E-state index >= 15 is 0 Å². The van der Waals surface area contributed by atoms with E-state index < -0.39 is 0 Å². The Balaban J connectivity index is 0.000000461. The number of nitrogens with one attached hydrogen (secondary N) is 1. The van der Waals surface area contributed by atoms with Gasteiger partial charge in [-0.1, -0.05) is 26.0 Å². The van der Waals surface area contributed by atoms with Crippen molar-refractivity contribution in [3.05, 3.63) is 29.5 Å². The zero-order valence-electron chi connectivity index (χ0n) is 8.66. The summed E-state index contributed by atoms with van der Waals surface area (Å²) >= 11 is 0. The highest BCUT2D eigenvalue weighted by Crippen LogP contribution is 2.15. The first kappa shape index (κ1) is 10.4. The summed E-state index contributed by atoms with van der Waals surface area (Å²) in [5.41, 5.74) is 2.54. The largest absolute Gasteiger partial charge is 0.298 e. The Morgan fingerprint density at radius 1 is 1.36 bits per heavy atom. The zero-order valence-corrected chi connectivity index (χ0v) is 8.66. The van der Waals surface area contributed by atoms with Gasteiger partial charge in [0, 0.05) is 16.6 Å². The lowest BCUT2D eigenvalue weighted by molar-refractivity contribution is 0.112. The highest BCUT2D eigenvalue weighted by molar-refractivity contribution is 5.87. The molecule has 0 aliphatic carbocycles. The number of aldehydes is 1. The average Bonchev–Trinajstić information content (AvgIpc) is 2.63. The van der Waals surface area contributed by atoms with Gasteiger partial charge in [0.2, 0.25) is 0 Å². The maximum absolute atomic E-state index is 10.4. The predicted molar refractivity (Wildman–Crippen MR) is 57.6 cm³/mol. The summed E-state index contributed by atoms with van der Waals surface area (Å²) in [6.45, 7) is 5.95. The Bertz CT molecular complexity index is 432. The van der Waals surface area contributed by atoms with E-state index in [0.717, 1.165) is 22.9 Å². The van der Waals surface area contributed by atoms with E-state index in [0.29, 0.717) is 5.56 Å². The van der Waals surface area contributed by atoms with E-state index in [-0.39, 0.29) is 0 Å². The quantitative estimate of drug-likeness (QED) is 0.703. The molecule has 0 atom stereocenters. The van der Waals surface area contributed by atoms with Crippen LogP contribution in [-0.2, 0) is 0 Å². The van der Waals surface area contributed by atoms with Crippen LogP contribution in [0.1, 0.15) is 29.9 Å². The Hall–Kier alpha value is -1.64. The standard InChI is InChI=1S/C9H8N2O.C2H6/c1-6-8-3-2-7(5-12)4-9(8)11-10-6;1-2/h2-5H,1H3,(H,10,11);1-2H3.